The molecule has 0 saturated carbocycles. The van der Waals surface area contributed by atoms with Gasteiger partial charge < -0.3 is 15.6 Å². The van der Waals surface area contributed by atoms with E-state index in [0.29, 0.717) is 22.8 Å². The van der Waals surface area contributed by atoms with Gasteiger partial charge in [-0.2, -0.15) is 5.21 Å². The number of aromatic amines is 1. The van der Waals surface area contributed by atoms with E-state index in [1.807, 2.05) is 0 Å². The van der Waals surface area contributed by atoms with Crippen molar-refractivity contribution in [2.24, 2.45) is 0 Å². The van der Waals surface area contributed by atoms with E-state index in [9.17, 15) is 5.11 Å². The maximum absolute atomic E-state index is 9.44. The molecule has 2 aromatic rings. The number of aromatic nitrogens is 4. The fourth-order valence-corrected chi connectivity index (χ4v) is 1.22. The minimum atomic E-state index is -0.0257. The first-order chi connectivity index (χ1) is 7.22. The van der Waals surface area contributed by atoms with E-state index < -0.39 is 0 Å². The molecule has 0 radical (unpaired) electrons. The number of ether oxygens (including phenoxy) is 1. The molecule has 0 aliphatic heterocycles. The Balaban J connectivity index is 0.00000128. The van der Waals surface area contributed by atoms with E-state index in [1.165, 1.54) is 13.2 Å². The zero-order valence-corrected chi connectivity index (χ0v) is 9.15. The van der Waals surface area contributed by atoms with Gasteiger partial charge in [-0.3, -0.25) is 0 Å². The second-order valence-corrected chi connectivity index (χ2v) is 2.85. The Hall–Kier alpha value is -2.02. The van der Waals surface area contributed by atoms with Gasteiger partial charge in [-0.1, -0.05) is 0 Å². The van der Waals surface area contributed by atoms with Crippen LogP contribution in [0.1, 0.15) is 0 Å². The second-order valence-electron chi connectivity index (χ2n) is 2.85. The molecule has 7 nitrogen and oxygen atoms in total. The summed E-state index contributed by atoms with van der Waals surface area (Å²) in [5, 5.41) is 22.8. The van der Waals surface area contributed by atoms with E-state index in [4.69, 9.17) is 10.5 Å². The standard InChI is InChI=1S/C8H9N5O2.ClH/c1-15-7-2-4(5(9)3-6(7)14)8-10-12-13-11-8;/h2-3,14H,9H2,1H3,(H,10,11,12,13);1H. The van der Waals surface area contributed by atoms with Gasteiger partial charge in [0.1, 0.15) is 0 Å². The molecular weight excluding hydrogens is 234 g/mol. The van der Waals surface area contributed by atoms with Crippen molar-refractivity contribution < 1.29 is 9.84 Å². The molecule has 0 unspecified atom stereocenters. The molecule has 0 spiro atoms. The Morgan fingerprint density at radius 3 is 2.75 bits per heavy atom. The highest BCUT2D eigenvalue weighted by Crippen LogP contribution is 2.34. The molecule has 8 heteroatoms. The van der Waals surface area contributed by atoms with Crippen LogP contribution >= 0.6 is 12.4 Å². The molecular formula is C8H10ClN5O2. The van der Waals surface area contributed by atoms with Crippen molar-refractivity contribution in [3.8, 4) is 22.9 Å². The predicted molar refractivity (Wildman–Crippen MR) is 59.5 cm³/mol. The summed E-state index contributed by atoms with van der Waals surface area (Å²) in [5.74, 6) is 0.636. The van der Waals surface area contributed by atoms with Gasteiger partial charge in [0, 0.05) is 17.3 Å². The predicted octanol–water partition coefficient (Wildman–Crippen LogP) is 0.585. The average Bonchev–Trinajstić information content (AvgIpc) is 2.71. The maximum atomic E-state index is 9.44. The van der Waals surface area contributed by atoms with Crippen molar-refractivity contribution >= 4 is 18.1 Å². The molecule has 0 atom stereocenters. The molecule has 4 N–H and O–H groups in total. The number of aromatic hydroxyl groups is 1. The van der Waals surface area contributed by atoms with Crippen LogP contribution in [0.25, 0.3) is 11.4 Å². The van der Waals surface area contributed by atoms with Gasteiger partial charge in [0.2, 0.25) is 5.82 Å². The SMILES string of the molecule is COc1cc(-c2nn[nH]n2)c(N)cc1O.Cl. The third-order valence-corrected chi connectivity index (χ3v) is 1.94. The molecule has 1 aromatic carbocycles. The van der Waals surface area contributed by atoms with E-state index >= 15 is 0 Å². The Morgan fingerprint density at radius 1 is 1.44 bits per heavy atom. The van der Waals surface area contributed by atoms with Gasteiger partial charge in [0.15, 0.2) is 11.5 Å². The number of nitrogens with one attached hydrogen (secondary N) is 1. The van der Waals surface area contributed by atoms with Crippen LogP contribution in [-0.4, -0.2) is 32.8 Å². The second kappa shape index (κ2) is 4.67. The van der Waals surface area contributed by atoms with E-state index in [2.05, 4.69) is 20.6 Å². The van der Waals surface area contributed by atoms with Gasteiger partial charge in [-0.15, -0.1) is 22.6 Å². The van der Waals surface area contributed by atoms with Crippen LogP contribution in [0.4, 0.5) is 5.69 Å². The Morgan fingerprint density at radius 2 is 2.19 bits per heavy atom. The van der Waals surface area contributed by atoms with Gasteiger partial charge in [0.05, 0.1) is 7.11 Å². The fourth-order valence-electron chi connectivity index (χ4n) is 1.22. The number of H-pyrrole nitrogens is 1. The Labute approximate surface area is 97.0 Å². The number of methoxy groups -OCH3 is 1. The van der Waals surface area contributed by atoms with Crippen molar-refractivity contribution in [3.05, 3.63) is 12.1 Å². The first-order valence-electron chi connectivity index (χ1n) is 4.12. The number of halogens is 1. The highest BCUT2D eigenvalue weighted by Gasteiger charge is 2.12. The number of rotatable bonds is 2. The van der Waals surface area contributed by atoms with E-state index in [1.54, 1.807) is 6.07 Å². The third kappa shape index (κ3) is 1.98. The summed E-state index contributed by atoms with van der Waals surface area (Å²) in [6.07, 6.45) is 0. The lowest BCUT2D eigenvalue weighted by molar-refractivity contribution is 0.374. The number of phenols is 1. The topological polar surface area (TPSA) is 110 Å². The summed E-state index contributed by atoms with van der Waals surface area (Å²) in [6.45, 7) is 0. The van der Waals surface area contributed by atoms with Crippen LogP contribution in [0, 0.1) is 0 Å². The normalized spacial score (nSPS) is 9.56. The molecule has 0 amide bonds. The molecule has 0 fully saturated rings. The highest BCUT2D eigenvalue weighted by atomic mass is 35.5. The summed E-state index contributed by atoms with van der Waals surface area (Å²) in [4.78, 5) is 0. The molecule has 0 bridgehead atoms. The van der Waals surface area contributed by atoms with Crippen LogP contribution in [0.5, 0.6) is 11.5 Å². The number of benzene rings is 1. The molecule has 0 aliphatic carbocycles. The number of anilines is 1. The summed E-state index contributed by atoms with van der Waals surface area (Å²) in [7, 11) is 1.45. The first kappa shape index (κ1) is 12.1. The molecule has 0 aliphatic rings. The zero-order valence-electron chi connectivity index (χ0n) is 8.34. The molecule has 0 saturated heterocycles. The van der Waals surface area contributed by atoms with Crippen LogP contribution < -0.4 is 10.5 Å². The molecule has 2 rings (SSSR count). The van der Waals surface area contributed by atoms with Gasteiger partial charge >= 0.3 is 0 Å². The van der Waals surface area contributed by atoms with E-state index in [-0.39, 0.29) is 18.2 Å². The fraction of sp³-hybridized carbons (Fsp3) is 0.125. The zero-order chi connectivity index (χ0) is 10.8. The quantitative estimate of drug-likeness (QED) is 0.666. The first-order valence-corrected chi connectivity index (χ1v) is 4.12. The minimum absolute atomic E-state index is 0. The lowest BCUT2D eigenvalue weighted by Gasteiger charge is -2.06. The number of nitrogens with two attached hydrogens (primary N) is 1. The monoisotopic (exact) mass is 243 g/mol. The summed E-state index contributed by atoms with van der Waals surface area (Å²) >= 11 is 0. The van der Waals surface area contributed by atoms with Crippen molar-refractivity contribution in [1.29, 1.82) is 0 Å². The smallest absolute Gasteiger partial charge is 0.206 e. The van der Waals surface area contributed by atoms with Crippen LogP contribution in [0.3, 0.4) is 0 Å². The number of phenolic OH excluding ortho intramolecular Hbond substituents is 1. The molecule has 86 valence electrons. The van der Waals surface area contributed by atoms with Crippen LogP contribution in [-0.2, 0) is 0 Å². The van der Waals surface area contributed by atoms with Gasteiger partial charge in [0.25, 0.3) is 0 Å². The van der Waals surface area contributed by atoms with E-state index in [0.717, 1.165) is 0 Å². The number of nitrogen functional groups attached to an aromatic ring is 1. The number of nitrogens with zero attached hydrogens (tertiary/aromatic N) is 3. The van der Waals surface area contributed by atoms with Gasteiger partial charge in [-0.05, 0) is 11.3 Å². The minimum Gasteiger partial charge on any atom is -0.504 e. The molecule has 1 aromatic heterocycles. The number of tetrazole rings is 1. The highest BCUT2D eigenvalue weighted by molar-refractivity contribution is 5.85. The lowest BCUT2D eigenvalue weighted by Crippen LogP contribution is -1.94. The van der Waals surface area contributed by atoms with Crippen molar-refractivity contribution in [3.63, 3.8) is 0 Å². The third-order valence-electron chi connectivity index (χ3n) is 1.94. The Bertz CT molecular complexity index is 474. The molecule has 16 heavy (non-hydrogen) atoms. The molecule has 1 heterocycles. The number of hydrogen-bond donors (Lipinski definition) is 3. The van der Waals surface area contributed by atoms with Crippen LogP contribution in [0.15, 0.2) is 12.1 Å². The maximum Gasteiger partial charge on any atom is 0.206 e. The largest absolute Gasteiger partial charge is 0.504 e. The van der Waals surface area contributed by atoms with Crippen molar-refractivity contribution in [1.82, 2.24) is 20.6 Å². The summed E-state index contributed by atoms with van der Waals surface area (Å²) in [6, 6.07) is 2.93. The lowest BCUT2D eigenvalue weighted by atomic mass is 10.1. The average molecular weight is 244 g/mol. The Kier molecular flexibility index (Phi) is 3.51. The van der Waals surface area contributed by atoms with Crippen molar-refractivity contribution in [2.45, 2.75) is 0 Å². The summed E-state index contributed by atoms with van der Waals surface area (Å²) < 4.78 is 4.95. The number of hydrogen-bond acceptors (Lipinski definition) is 6. The summed E-state index contributed by atoms with van der Waals surface area (Å²) in [5.41, 5.74) is 6.61. The van der Waals surface area contributed by atoms with Crippen molar-refractivity contribution in [2.75, 3.05) is 12.8 Å². The van der Waals surface area contributed by atoms with Gasteiger partial charge in [-0.25, -0.2) is 0 Å². The van der Waals surface area contributed by atoms with Crippen LogP contribution in [0.2, 0.25) is 0 Å².